The Hall–Kier alpha value is -4.82. The van der Waals surface area contributed by atoms with Crippen LogP contribution in [-0.4, -0.2) is 90.1 Å². The zero-order valence-corrected chi connectivity index (χ0v) is 26.5. The second kappa shape index (κ2) is 18.2. The van der Waals surface area contributed by atoms with Crippen LogP contribution in [0.15, 0.2) is 24.3 Å². The second-order valence-corrected chi connectivity index (χ2v) is 10.6. The minimum absolute atomic E-state index is 0.114. The number of ketones is 1. The maximum absolute atomic E-state index is 12.5. The van der Waals surface area contributed by atoms with Gasteiger partial charge < -0.3 is 44.0 Å². The van der Waals surface area contributed by atoms with Crippen LogP contribution in [0.2, 0.25) is 0 Å². The van der Waals surface area contributed by atoms with E-state index in [0.29, 0.717) is 11.8 Å². The normalized spacial score (nSPS) is 21.1. The van der Waals surface area contributed by atoms with Crippen molar-refractivity contribution in [1.29, 1.82) is 0 Å². The monoisotopic (exact) mass is 649 g/mol. The molecule has 1 fully saturated rings. The van der Waals surface area contributed by atoms with Gasteiger partial charge in [0.05, 0.1) is 6.10 Å². The van der Waals surface area contributed by atoms with E-state index < -0.39 is 78.4 Å². The van der Waals surface area contributed by atoms with Gasteiger partial charge in [-0.05, 0) is 38.0 Å². The second-order valence-electron chi connectivity index (χ2n) is 10.6. The van der Waals surface area contributed by atoms with Gasteiger partial charge in [0.2, 0.25) is 12.1 Å². The Balaban J connectivity index is 2.09. The Labute approximate surface area is 265 Å². The average Bonchev–Trinajstić information content (AvgIpc) is 2.96. The standard InChI is InChI=1S/C30H39N3O13/c1-16(2)42-28(38)24(12-9-22(37)13-32-31)33-30(39)41-14-21-7-10-23(11-8-21)45-29-27(44-20(6)36)17(3)26(43-19(5)35)25(46-29)15-40-18(4)34/h7-8,10-11,13,16-17,24-27,29H,9,12,14-15H2,1-6H3,(H,33,39)/t17-,24-,25+,26+,27+,29-/m0/s1. The molecule has 6 atom stereocenters. The summed E-state index contributed by atoms with van der Waals surface area (Å²) in [5.41, 5.74) is 9.03. The van der Waals surface area contributed by atoms with Crippen molar-refractivity contribution < 1.29 is 66.7 Å². The summed E-state index contributed by atoms with van der Waals surface area (Å²) < 4.78 is 38.2. The van der Waals surface area contributed by atoms with Gasteiger partial charge in [-0.2, -0.15) is 4.79 Å². The lowest BCUT2D eigenvalue weighted by atomic mass is 9.90. The lowest BCUT2D eigenvalue weighted by molar-refractivity contribution is -0.271. The van der Waals surface area contributed by atoms with Gasteiger partial charge in [0.15, 0.2) is 6.10 Å². The number of esters is 4. The number of alkyl carbamates (subject to hydrolysis) is 1. The van der Waals surface area contributed by atoms with Gasteiger partial charge >= 0.3 is 36.2 Å². The topological polar surface area (TPSA) is 215 Å². The van der Waals surface area contributed by atoms with Crippen molar-refractivity contribution in [3.05, 3.63) is 35.4 Å². The lowest BCUT2D eigenvalue weighted by Crippen LogP contribution is -2.58. The molecule has 46 heavy (non-hydrogen) atoms. The number of nitrogens with one attached hydrogen (secondary N) is 1. The van der Waals surface area contributed by atoms with E-state index in [2.05, 4.69) is 10.1 Å². The molecule has 1 saturated heterocycles. The van der Waals surface area contributed by atoms with Crippen molar-refractivity contribution in [2.75, 3.05) is 6.61 Å². The minimum Gasteiger partial charge on any atom is -0.463 e. The molecule has 1 N–H and O–H groups in total. The van der Waals surface area contributed by atoms with E-state index >= 15 is 0 Å². The Morgan fingerprint density at radius 2 is 1.59 bits per heavy atom. The molecule has 1 aliphatic heterocycles. The summed E-state index contributed by atoms with van der Waals surface area (Å²) in [6.07, 6.45) is -5.02. The van der Waals surface area contributed by atoms with E-state index in [4.69, 9.17) is 38.7 Å². The summed E-state index contributed by atoms with van der Waals surface area (Å²) in [6.45, 7) is 8.14. The van der Waals surface area contributed by atoms with Crippen LogP contribution in [-0.2, 0) is 59.0 Å². The van der Waals surface area contributed by atoms with Crippen LogP contribution in [0.5, 0.6) is 5.75 Å². The first-order valence-corrected chi connectivity index (χ1v) is 14.4. The van der Waals surface area contributed by atoms with E-state index in [1.54, 1.807) is 45.0 Å². The van der Waals surface area contributed by atoms with Crippen LogP contribution in [0.4, 0.5) is 4.79 Å². The molecule has 1 aromatic carbocycles. The minimum atomic E-state index is -1.19. The highest BCUT2D eigenvalue weighted by Crippen LogP contribution is 2.32. The molecular formula is C30H39N3O13. The Morgan fingerprint density at radius 3 is 2.15 bits per heavy atom. The Kier molecular flexibility index (Phi) is 14.8. The number of nitrogens with zero attached hydrogens (tertiary/aromatic N) is 2. The molecule has 2 rings (SSSR count). The number of rotatable bonds is 15. The van der Waals surface area contributed by atoms with Crippen molar-refractivity contribution >= 4 is 42.0 Å². The fourth-order valence-corrected chi connectivity index (χ4v) is 4.37. The fraction of sp³-hybridized carbons (Fsp3) is 0.567. The number of amides is 1. The molecule has 16 nitrogen and oxygen atoms in total. The third-order valence-corrected chi connectivity index (χ3v) is 6.39. The van der Waals surface area contributed by atoms with E-state index in [0.717, 1.165) is 0 Å². The van der Waals surface area contributed by atoms with Gasteiger partial charge in [-0.1, -0.05) is 19.1 Å². The van der Waals surface area contributed by atoms with Crippen LogP contribution in [0, 0.1) is 5.92 Å². The number of hydrogen-bond acceptors (Lipinski definition) is 13. The predicted molar refractivity (Wildman–Crippen MR) is 155 cm³/mol. The van der Waals surface area contributed by atoms with Crippen LogP contribution in [0.3, 0.4) is 0 Å². The van der Waals surface area contributed by atoms with Crippen LogP contribution in [0.25, 0.3) is 5.53 Å². The summed E-state index contributed by atoms with van der Waals surface area (Å²) in [7, 11) is 0. The highest BCUT2D eigenvalue weighted by Gasteiger charge is 2.49. The van der Waals surface area contributed by atoms with Crippen molar-refractivity contribution in [1.82, 2.24) is 5.32 Å². The van der Waals surface area contributed by atoms with E-state index in [-0.39, 0.29) is 31.8 Å². The Morgan fingerprint density at radius 1 is 0.957 bits per heavy atom. The van der Waals surface area contributed by atoms with Gasteiger partial charge in [0, 0.05) is 33.1 Å². The molecule has 0 bridgehead atoms. The summed E-state index contributed by atoms with van der Waals surface area (Å²) in [4.78, 5) is 74.3. The van der Waals surface area contributed by atoms with Crippen LogP contribution in [0.1, 0.15) is 59.9 Å². The molecule has 1 heterocycles. The zero-order valence-electron chi connectivity index (χ0n) is 26.5. The van der Waals surface area contributed by atoms with Gasteiger partial charge in [-0.25, -0.2) is 9.59 Å². The number of ether oxygens (including phenoxy) is 7. The van der Waals surface area contributed by atoms with Gasteiger partial charge in [-0.15, -0.1) is 0 Å². The largest absolute Gasteiger partial charge is 0.463 e. The average molecular weight is 650 g/mol. The molecule has 16 heteroatoms. The SMILES string of the molecule is CC(=O)OC[C@H]1O[C@H](Oc2ccc(COC(=O)N[C@@H](CCC(=O)C=[N+]=[N-])C(=O)OC(C)C)cc2)[C@H](OC(C)=O)[C@@H](C)[C@H]1OC(C)=O. The summed E-state index contributed by atoms with van der Waals surface area (Å²) in [6, 6.07) is 5.09. The number of hydrogen-bond donors (Lipinski definition) is 1. The smallest absolute Gasteiger partial charge is 0.408 e. The summed E-state index contributed by atoms with van der Waals surface area (Å²) in [5, 5.41) is 2.38. The third kappa shape index (κ3) is 12.7. The number of carbonyl (C=O) groups is 6. The van der Waals surface area contributed by atoms with Gasteiger partial charge in [-0.3, -0.25) is 19.2 Å². The lowest BCUT2D eigenvalue weighted by Gasteiger charge is -2.43. The van der Waals surface area contributed by atoms with Crippen LogP contribution >= 0.6 is 0 Å². The molecule has 1 aliphatic rings. The van der Waals surface area contributed by atoms with E-state index in [1.807, 2.05) is 0 Å². The summed E-state index contributed by atoms with van der Waals surface area (Å²) in [5.74, 6) is -3.44. The van der Waals surface area contributed by atoms with Gasteiger partial charge in [0.1, 0.15) is 37.2 Å². The van der Waals surface area contributed by atoms with Crippen molar-refractivity contribution in [2.24, 2.45) is 5.92 Å². The van der Waals surface area contributed by atoms with E-state index in [1.165, 1.54) is 20.8 Å². The first kappa shape index (κ1) is 37.4. The van der Waals surface area contributed by atoms with Crippen LogP contribution < -0.4 is 10.1 Å². The van der Waals surface area contributed by atoms with Crippen molar-refractivity contribution in [3.63, 3.8) is 0 Å². The quantitative estimate of drug-likeness (QED) is 0.0947. The molecule has 0 spiro atoms. The number of Topliss-reactive ketones (excluding diaryl/α,β-unsaturated/α-hetero) is 1. The maximum Gasteiger partial charge on any atom is 0.408 e. The van der Waals surface area contributed by atoms with E-state index in [9.17, 15) is 28.8 Å². The first-order chi connectivity index (χ1) is 21.7. The van der Waals surface area contributed by atoms with Crippen molar-refractivity contribution in [3.8, 4) is 5.75 Å². The third-order valence-electron chi connectivity index (χ3n) is 6.39. The summed E-state index contributed by atoms with van der Waals surface area (Å²) >= 11 is 0. The van der Waals surface area contributed by atoms with Gasteiger partial charge in [0.25, 0.3) is 0 Å². The predicted octanol–water partition coefficient (Wildman–Crippen LogP) is 2.05. The highest BCUT2D eigenvalue weighted by molar-refractivity contribution is 6.25. The molecular weight excluding hydrogens is 610 g/mol. The molecule has 1 aromatic rings. The molecule has 0 saturated carbocycles. The Bertz CT molecular complexity index is 1290. The first-order valence-electron chi connectivity index (χ1n) is 14.4. The molecule has 0 unspecified atom stereocenters. The highest BCUT2D eigenvalue weighted by atomic mass is 16.7. The number of carbonyl (C=O) groups excluding carboxylic acids is 6. The number of benzene rings is 1. The molecule has 1 amide bonds. The molecule has 252 valence electrons. The fourth-order valence-electron chi connectivity index (χ4n) is 4.37. The molecule has 0 radical (unpaired) electrons. The molecule has 0 aromatic heterocycles. The van der Waals surface area contributed by atoms with Crippen molar-refractivity contribution in [2.45, 2.75) is 97.7 Å². The molecule has 0 aliphatic carbocycles. The maximum atomic E-state index is 12.5. The zero-order chi connectivity index (χ0) is 34.4.